The van der Waals surface area contributed by atoms with E-state index in [1.54, 1.807) is 6.07 Å². The molecule has 3 heteroatoms. The Morgan fingerprint density at radius 1 is 1.22 bits per heavy atom. The number of aromatic nitrogens is 1. The fourth-order valence-corrected chi connectivity index (χ4v) is 2.14. The quantitative estimate of drug-likeness (QED) is 0.898. The first-order valence-electron chi connectivity index (χ1n) is 6.05. The van der Waals surface area contributed by atoms with Crippen LogP contribution < -0.4 is 0 Å². The highest BCUT2D eigenvalue weighted by atomic mass is 16.4. The lowest BCUT2D eigenvalue weighted by molar-refractivity contribution is 0.0696. The Morgan fingerprint density at radius 2 is 1.94 bits per heavy atom. The average Bonchev–Trinajstić information content (AvgIpc) is 2.76. The van der Waals surface area contributed by atoms with Crippen molar-refractivity contribution < 1.29 is 9.90 Å². The Hall–Kier alpha value is -2.03. The summed E-state index contributed by atoms with van der Waals surface area (Å²) in [6.45, 7) is 6.10. The molecular weight excluding hydrogens is 226 g/mol. The molecule has 0 fully saturated rings. The molecule has 94 valence electrons. The Kier molecular flexibility index (Phi) is 3.24. The molecule has 0 radical (unpaired) electrons. The second-order valence-electron chi connectivity index (χ2n) is 4.47. The van der Waals surface area contributed by atoms with Crippen LogP contribution in [0, 0.1) is 13.8 Å². The molecule has 0 unspecified atom stereocenters. The number of rotatable bonds is 3. The Balaban J connectivity index is 2.57. The van der Waals surface area contributed by atoms with E-state index in [1.807, 2.05) is 23.8 Å². The Bertz CT molecular complexity index is 597. The lowest BCUT2D eigenvalue weighted by Crippen LogP contribution is -2.04. The summed E-state index contributed by atoms with van der Waals surface area (Å²) in [5.41, 5.74) is 4.69. The topological polar surface area (TPSA) is 42.2 Å². The first kappa shape index (κ1) is 12.4. The van der Waals surface area contributed by atoms with Crippen molar-refractivity contribution in [2.24, 2.45) is 0 Å². The van der Waals surface area contributed by atoms with Crippen molar-refractivity contribution in [2.45, 2.75) is 27.2 Å². The third-order valence-electron chi connectivity index (χ3n) is 3.33. The maximum atomic E-state index is 11.1. The van der Waals surface area contributed by atoms with E-state index in [-0.39, 0.29) is 0 Å². The summed E-state index contributed by atoms with van der Waals surface area (Å²) in [4.78, 5) is 11.1. The molecule has 0 aliphatic carbocycles. The maximum Gasteiger partial charge on any atom is 0.337 e. The van der Waals surface area contributed by atoms with Crippen molar-refractivity contribution in [1.82, 2.24) is 4.57 Å². The number of hydrogen-bond acceptors (Lipinski definition) is 1. The monoisotopic (exact) mass is 243 g/mol. The van der Waals surface area contributed by atoms with Gasteiger partial charge < -0.3 is 9.67 Å². The van der Waals surface area contributed by atoms with Crippen LogP contribution in [0.15, 0.2) is 30.5 Å². The van der Waals surface area contributed by atoms with Crippen LogP contribution in [0.4, 0.5) is 0 Å². The zero-order chi connectivity index (χ0) is 13.3. The SMILES string of the molecule is CCc1c(C(=O)O)ccn1-c1ccc(C)c(C)c1. The van der Waals surface area contributed by atoms with E-state index >= 15 is 0 Å². The van der Waals surface area contributed by atoms with Gasteiger partial charge in [0.05, 0.1) is 5.56 Å². The molecule has 0 spiro atoms. The maximum absolute atomic E-state index is 11.1. The van der Waals surface area contributed by atoms with Gasteiger partial charge in [0.25, 0.3) is 0 Å². The fraction of sp³-hybridized carbons (Fsp3) is 0.267. The van der Waals surface area contributed by atoms with E-state index in [1.165, 1.54) is 11.1 Å². The minimum Gasteiger partial charge on any atom is -0.478 e. The average molecular weight is 243 g/mol. The van der Waals surface area contributed by atoms with Crippen LogP contribution in [0.5, 0.6) is 0 Å². The summed E-state index contributed by atoms with van der Waals surface area (Å²) in [6.07, 6.45) is 2.52. The predicted octanol–water partition coefficient (Wildman–Crippen LogP) is 3.35. The highest BCUT2D eigenvalue weighted by Gasteiger charge is 2.14. The molecule has 1 aromatic heterocycles. The second kappa shape index (κ2) is 4.69. The highest BCUT2D eigenvalue weighted by Crippen LogP contribution is 2.20. The first-order valence-corrected chi connectivity index (χ1v) is 6.05. The molecular formula is C15H17NO2. The number of carboxylic acid groups (broad SMARTS) is 1. The molecule has 0 bridgehead atoms. The van der Waals surface area contributed by atoms with E-state index in [0.29, 0.717) is 12.0 Å². The molecule has 0 aliphatic heterocycles. The largest absolute Gasteiger partial charge is 0.478 e. The molecule has 1 N–H and O–H groups in total. The van der Waals surface area contributed by atoms with Gasteiger partial charge in [-0.15, -0.1) is 0 Å². The standard InChI is InChI=1S/C15H17NO2/c1-4-14-13(15(17)18)7-8-16(14)12-6-5-10(2)11(3)9-12/h5-9H,4H2,1-3H3,(H,17,18). The smallest absolute Gasteiger partial charge is 0.337 e. The molecule has 0 aliphatic rings. The zero-order valence-electron chi connectivity index (χ0n) is 10.9. The first-order chi connectivity index (χ1) is 8.54. The number of benzene rings is 1. The van der Waals surface area contributed by atoms with Gasteiger partial charge in [0.1, 0.15) is 0 Å². The number of carbonyl (C=O) groups is 1. The molecule has 18 heavy (non-hydrogen) atoms. The summed E-state index contributed by atoms with van der Waals surface area (Å²) in [7, 11) is 0. The van der Waals surface area contributed by atoms with Crippen LogP contribution >= 0.6 is 0 Å². The van der Waals surface area contributed by atoms with Crippen LogP contribution in [-0.4, -0.2) is 15.6 Å². The molecule has 0 atom stereocenters. The van der Waals surface area contributed by atoms with Gasteiger partial charge in [-0.1, -0.05) is 13.0 Å². The number of hydrogen-bond donors (Lipinski definition) is 1. The van der Waals surface area contributed by atoms with E-state index < -0.39 is 5.97 Å². The molecule has 0 saturated carbocycles. The lowest BCUT2D eigenvalue weighted by Gasteiger charge is -2.10. The van der Waals surface area contributed by atoms with Gasteiger partial charge in [-0.3, -0.25) is 0 Å². The normalized spacial score (nSPS) is 10.6. The molecule has 0 amide bonds. The van der Waals surface area contributed by atoms with Crippen molar-refractivity contribution in [3.63, 3.8) is 0 Å². The van der Waals surface area contributed by atoms with Crippen LogP contribution in [0.2, 0.25) is 0 Å². The van der Waals surface area contributed by atoms with Crippen molar-refractivity contribution in [3.05, 3.63) is 52.8 Å². The van der Waals surface area contributed by atoms with Crippen molar-refractivity contribution in [3.8, 4) is 5.69 Å². The third-order valence-corrected chi connectivity index (χ3v) is 3.33. The van der Waals surface area contributed by atoms with E-state index in [2.05, 4.69) is 26.0 Å². The van der Waals surface area contributed by atoms with Crippen molar-refractivity contribution in [1.29, 1.82) is 0 Å². The van der Waals surface area contributed by atoms with Gasteiger partial charge in [-0.05, 0) is 49.6 Å². The van der Waals surface area contributed by atoms with Gasteiger partial charge >= 0.3 is 5.97 Å². The van der Waals surface area contributed by atoms with Gasteiger partial charge in [0.2, 0.25) is 0 Å². The molecule has 2 rings (SSSR count). The van der Waals surface area contributed by atoms with Gasteiger partial charge in [0, 0.05) is 17.6 Å². The molecule has 0 saturated heterocycles. The summed E-state index contributed by atoms with van der Waals surface area (Å²) in [5.74, 6) is -0.866. The highest BCUT2D eigenvalue weighted by molar-refractivity contribution is 5.89. The predicted molar refractivity (Wildman–Crippen MR) is 71.6 cm³/mol. The summed E-state index contributed by atoms with van der Waals surface area (Å²) in [5, 5.41) is 9.14. The Labute approximate surface area is 107 Å². The number of carboxylic acids is 1. The van der Waals surface area contributed by atoms with E-state index in [9.17, 15) is 4.79 Å². The van der Waals surface area contributed by atoms with E-state index in [0.717, 1.165) is 11.4 Å². The third kappa shape index (κ3) is 2.04. The van der Waals surface area contributed by atoms with Gasteiger partial charge in [0.15, 0.2) is 0 Å². The summed E-state index contributed by atoms with van der Waals surface area (Å²) in [6, 6.07) is 7.83. The summed E-state index contributed by atoms with van der Waals surface area (Å²) >= 11 is 0. The number of nitrogens with zero attached hydrogens (tertiary/aromatic N) is 1. The summed E-state index contributed by atoms with van der Waals surface area (Å²) < 4.78 is 1.95. The lowest BCUT2D eigenvalue weighted by atomic mass is 10.1. The van der Waals surface area contributed by atoms with E-state index in [4.69, 9.17) is 5.11 Å². The zero-order valence-corrected chi connectivity index (χ0v) is 10.9. The van der Waals surface area contributed by atoms with Crippen LogP contribution in [0.1, 0.15) is 34.1 Å². The number of aryl methyl sites for hydroxylation is 2. The fourth-order valence-electron chi connectivity index (χ4n) is 2.14. The van der Waals surface area contributed by atoms with Crippen LogP contribution in [0.25, 0.3) is 5.69 Å². The van der Waals surface area contributed by atoms with Crippen LogP contribution in [0.3, 0.4) is 0 Å². The molecule has 1 heterocycles. The molecule has 3 nitrogen and oxygen atoms in total. The molecule has 1 aromatic carbocycles. The Morgan fingerprint density at radius 3 is 2.50 bits per heavy atom. The van der Waals surface area contributed by atoms with Gasteiger partial charge in [-0.2, -0.15) is 0 Å². The second-order valence-corrected chi connectivity index (χ2v) is 4.47. The van der Waals surface area contributed by atoms with Crippen molar-refractivity contribution in [2.75, 3.05) is 0 Å². The minimum atomic E-state index is -0.866. The van der Waals surface area contributed by atoms with Gasteiger partial charge in [-0.25, -0.2) is 4.79 Å². The van der Waals surface area contributed by atoms with Crippen LogP contribution in [-0.2, 0) is 6.42 Å². The van der Waals surface area contributed by atoms with Crippen molar-refractivity contribution >= 4 is 5.97 Å². The molecule has 2 aromatic rings. The minimum absolute atomic E-state index is 0.385. The number of aromatic carboxylic acids is 1.